The SMILES string of the molecule is CCNC(CO)CSc1nc(C)cs1. The summed E-state index contributed by atoms with van der Waals surface area (Å²) in [5.41, 5.74) is 1.07. The van der Waals surface area contributed by atoms with Gasteiger partial charge in [0.1, 0.15) is 4.34 Å². The standard InChI is InChI=1S/C9H16N2OS2/c1-3-10-8(4-12)6-14-9-11-7(2)5-13-9/h5,8,10,12H,3-4,6H2,1-2H3. The first kappa shape index (κ1) is 12.0. The molecule has 1 rings (SSSR count). The largest absolute Gasteiger partial charge is 0.395 e. The lowest BCUT2D eigenvalue weighted by Gasteiger charge is -2.12. The van der Waals surface area contributed by atoms with Crippen molar-refractivity contribution in [1.82, 2.24) is 10.3 Å². The monoisotopic (exact) mass is 232 g/mol. The van der Waals surface area contributed by atoms with Crippen LogP contribution in [0.3, 0.4) is 0 Å². The first-order chi connectivity index (χ1) is 6.76. The molecule has 0 aliphatic rings. The van der Waals surface area contributed by atoms with Gasteiger partial charge in [-0.2, -0.15) is 0 Å². The second-order valence-corrected chi connectivity index (χ2v) is 5.13. The third-order valence-corrected chi connectivity index (χ3v) is 4.02. The number of thioether (sulfide) groups is 1. The van der Waals surface area contributed by atoms with Crippen molar-refractivity contribution in [2.45, 2.75) is 24.2 Å². The van der Waals surface area contributed by atoms with Crippen LogP contribution in [0.15, 0.2) is 9.72 Å². The van der Waals surface area contributed by atoms with E-state index in [-0.39, 0.29) is 12.6 Å². The van der Waals surface area contributed by atoms with Crippen LogP contribution in [0.5, 0.6) is 0 Å². The number of aliphatic hydroxyl groups is 1. The van der Waals surface area contributed by atoms with E-state index in [1.165, 1.54) is 0 Å². The molecule has 2 N–H and O–H groups in total. The van der Waals surface area contributed by atoms with Gasteiger partial charge in [0.15, 0.2) is 0 Å². The van der Waals surface area contributed by atoms with Crippen molar-refractivity contribution >= 4 is 23.1 Å². The van der Waals surface area contributed by atoms with Gasteiger partial charge in [-0.15, -0.1) is 11.3 Å². The molecule has 1 aromatic rings. The van der Waals surface area contributed by atoms with Gasteiger partial charge in [0.25, 0.3) is 0 Å². The van der Waals surface area contributed by atoms with Gasteiger partial charge >= 0.3 is 0 Å². The molecule has 1 heterocycles. The summed E-state index contributed by atoms with van der Waals surface area (Å²) in [6.07, 6.45) is 0. The number of nitrogens with one attached hydrogen (secondary N) is 1. The van der Waals surface area contributed by atoms with E-state index in [1.54, 1.807) is 23.1 Å². The van der Waals surface area contributed by atoms with E-state index in [0.717, 1.165) is 22.3 Å². The van der Waals surface area contributed by atoms with Gasteiger partial charge < -0.3 is 10.4 Å². The highest BCUT2D eigenvalue weighted by atomic mass is 32.2. The number of aryl methyl sites for hydroxylation is 1. The number of rotatable bonds is 6. The Bertz CT molecular complexity index is 265. The number of hydrogen-bond acceptors (Lipinski definition) is 5. The summed E-state index contributed by atoms with van der Waals surface area (Å²) < 4.78 is 1.08. The molecular weight excluding hydrogens is 216 g/mol. The Balaban J connectivity index is 2.31. The van der Waals surface area contributed by atoms with Gasteiger partial charge in [-0.1, -0.05) is 18.7 Å². The highest BCUT2D eigenvalue weighted by Gasteiger charge is 2.07. The molecule has 1 aromatic heterocycles. The van der Waals surface area contributed by atoms with Crippen LogP contribution < -0.4 is 5.32 Å². The van der Waals surface area contributed by atoms with Gasteiger partial charge in [0.2, 0.25) is 0 Å². The minimum absolute atomic E-state index is 0.175. The van der Waals surface area contributed by atoms with Crippen molar-refractivity contribution in [2.75, 3.05) is 18.9 Å². The number of aliphatic hydroxyl groups excluding tert-OH is 1. The Kier molecular flexibility index (Phi) is 5.47. The highest BCUT2D eigenvalue weighted by Crippen LogP contribution is 2.22. The zero-order valence-corrected chi connectivity index (χ0v) is 10.1. The molecule has 0 saturated heterocycles. The van der Waals surface area contributed by atoms with Gasteiger partial charge in [0.05, 0.1) is 6.61 Å². The number of likely N-dealkylation sites (N-methyl/N-ethyl adjacent to an activating group) is 1. The molecule has 0 aliphatic heterocycles. The minimum atomic E-state index is 0.175. The fourth-order valence-electron chi connectivity index (χ4n) is 1.04. The molecule has 0 amide bonds. The molecule has 0 radical (unpaired) electrons. The van der Waals surface area contributed by atoms with Crippen molar-refractivity contribution in [3.63, 3.8) is 0 Å². The summed E-state index contributed by atoms with van der Waals surface area (Å²) in [7, 11) is 0. The van der Waals surface area contributed by atoms with Gasteiger partial charge in [-0.05, 0) is 13.5 Å². The Morgan fingerprint density at radius 2 is 2.50 bits per heavy atom. The number of nitrogens with zero attached hydrogens (tertiary/aromatic N) is 1. The minimum Gasteiger partial charge on any atom is -0.395 e. The summed E-state index contributed by atoms with van der Waals surface area (Å²) in [5, 5.41) is 14.3. The second kappa shape index (κ2) is 6.40. The van der Waals surface area contributed by atoms with Crippen molar-refractivity contribution in [2.24, 2.45) is 0 Å². The Morgan fingerprint density at radius 1 is 1.71 bits per heavy atom. The van der Waals surface area contributed by atoms with Crippen molar-refractivity contribution in [1.29, 1.82) is 0 Å². The molecule has 1 unspecified atom stereocenters. The maximum atomic E-state index is 9.05. The third-order valence-electron chi connectivity index (χ3n) is 1.72. The van der Waals surface area contributed by atoms with Crippen LogP contribution in [0.2, 0.25) is 0 Å². The van der Waals surface area contributed by atoms with Crippen molar-refractivity contribution in [3.8, 4) is 0 Å². The average molecular weight is 232 g/mol. The van der Waals surface area contributed by atoms with Gasteiger partial charge in [-0.3, -0.25) is 0 Å². The van der Waals surface area contributed by atoms with Crippen molar-refractivity contribution in [3.05, 3.63) is 11.1 Å². The van der Waals surface area contributed by atoms with Crippen LogP contribution in [-0.2, 0) is 0 Å². The van der Waals surface area contributed by atoms with Gasteiger partial charge in [-0.25, -0.2) is 4.98 Å². The van der Waals surface area contributed by atoms with Crippen LogP contribution in [0.1, 0.15) is 12.6 Å². The zero-order valence-electron chi connectivity index (χ0n) is 8.49. The molecule has 80 valence electrons. The van der Waals surface area contributed by atoms with E-state index >= 15 is 0 Å². The second-order valence-electron chi connectivity index (χ2n) is 3.00. The molecule has 5 heteroatoms. The molecule has 14 heavy (non-hydrogen) atoms. The van der Waals surface area contributed by atoms with Crippen LogP contribution in [-0.4, -0.2) is 35.0 Å². The smallest absolute Gasteiger partial charge is 0.150 e. The quantitative estimate of drug-likeness (QED) is 0.730. The third kappa shape index (κ3) is 3.96. The Hall–Kier alpha value is -0.100. The van der Waals surface area contributed by atoms with E-state index in [9.17, 15) is 0 Å². The molecule has 0 aromatic carbocycles. The molecular formula is C9H16N2OS2. The maximum Gasteiger partial charge on any atom is 0.150 e. The summed E-state index contributed by atoms with van der Waals surface area (Å²) in [6.45, 7) is 5.11. The lowest BCUT2D eigenvalue weighted by molar-refractivity contribution is 0.255. The number of hydrogen-bond donors (Lipinski definition) is 2. The van der Waals surface area contributed by atoms with E-state index in [4.69, 9.17) is 5.11 Å². The Labute approximate surface area is 92.9 Å². The Morgan fingerprint density at radius 3 is 3.00 bits per heavy atom. The van der Waals surface area contributed by atoms with E-state index in [1.807, 2.05) is 19.2 Å². The maximum absolute atomic E-state index is 9.05. The molecule has 1 atom stereocenters. The summed E-state index contributed by atoms with van der Waals surface area (Å²) >= 11 is 3.36. The molecule has 0 bridgehead atoms. The van der Waals surface area contributed by atoms with Gasteiger partial charge in [0, 0.05) is 22.9 Å². The topological polar surface area (TPSA) is 45.1 Å². The first-order valence-electron chi connectivity index (χ1n) is 4.65. The van der Waals surface area contributed by atoms with E-state index < -0.39 is 0 Å². The number of aromatic nitrogens is 1. The number of thiazole rings is 1. The molecule has 0 spiro atoms. The van der Waals surface area contributed by atoms with E-state index in [2.05, 4.69) is 10.3 Å². The average Bonchev–Trinajstić information content (AvgIpc) is 2.59. The predicted octanol–water partition coefficient (Wildman–Crippen LogP) is 1.51. The predicted molar refractivity (Wildman–Crippen MR) is 62.1 cm³/mol. The van der Waals surface area contributed by atoms with Crippen LogP contribution in [0.25, 0.3) is 0 Å². The van der Waals surface area contributed by atoms with Crippen LogP contribution in [0, 0.1) is 6.92 Å². The summed E-state index contributed by atoms with van der Waals surface area (Å²) in [4.78, 5) is 4.35. The summed E-state index contributed by atoms with van der Waals surface area (Å²) in [6, 6.07) is 0.175. The zero-order chi connectivity index (χ0) is 10.4. The fourth-order valence-corrected chi connectivity index (χ4v) is 2.95. The van der Waals surface area contributed by atoms with Crippen molar-refractivity contribution < 1.29 is 5.11 Å². The van der Waals surface area contributed by atoms with Crippen LogP contribution in [0.4, 0.5) is 0 Å². The molecule has 3 nitrogen and oxygen atoms in total. The fraction of sp³-hybridized carbons (Fsp3) is 0.667. The summed E-state index contributed by atoms with van der Waals surface area (Å²) in [5.74, 6) is 0.872. The molecule has 0 saturated carbocycles. The molecule has 0 fully saturated rings. The van der Waals surface area contributed by atoms with Crippen LogP contribution >= 0.6 is 23.1 Å². The normalized spacial score (nSPS) is 13.1. The highest BCUT2D eigenvalue weighted by molar-refractivity contribution is 8.01. The molecule has 0 aliphatic carbocycles. The first-order valence-corrected chi connectivity index (χ1v) is 6.52. The lowest BCUT2D eigenvalue weighted by atomic mass is 10.4. The lowest BCUT2D eigenvalue weighted by Crippen LogP contribution is -2.34. The van der Waals surface area contributed by atoms with E-state index in [0.29, 0.717) is 0 Å².